The number of nitrogens with zero attached hydrogens (tertiary/aromatic N) is 1. The number of hydrogen-bond acceptors (Lipinski definition) is 3. The van der Waals surface area contributed by atoms with E-state index in [9.17, 15) is 13.2 Å². The largest absolute Gasteiger partial charge is 0.465 e. The van der Waals surface area contributed by atoms with E-state index in [-0.39, 0.29) is 5.75 Å². The summed E-state index contributed by atoms with van der Waals surface area (Å²) in [6, 6.07) is 0. The van der Waals surface area contributed by atoms with Crippen LogP contribution in [0.1, 0.15) is 32.6 Å². The zero-order valence-corrected chi connectivity index (χ0v) is 9.66. The Kier molecular flexibility index (Phi) is 3.96. The fourth-order valence-corrected chi connectivity index (χ4v) is 3.57. The van der Waals surface area contributed by atoms with Gasteiger partial charge in [-0.25, -0.2) is 13.2 Å². The lowest BCUT2D eigenvalue weighted by Gasteiger charge is -2.37. The molecule has 0 spiro atoms. The summed E-state index contributed by atoms with van der Waals surface area (Å²) >= 11 is 0. The zero-order chi connectivity index (χ0) is 11.5. The Labute approximate surface area is 90.0 Å². The van der Waals surface area contributed by atoms with Gasteiger partial charge in [0, 0.05) is 13.0 Å². The number of carbonyl (C=O) groups is 1. The molecule has 1 amide bonds. The number of carboxylic acid groups (broad SMARTS) is 1. The first-order valence-electron chi connectivity index (χ1n) is 5.20. The van der Waals surface area contributed by atoms with Crippen molar-refractivity contribution in [1.82, 2.24) is 4.90 Å². The first kappa shape index (κ1) is 12.3. The molecule has 1 atom stereocenters. The van der Waals surface area contributed by atoms with E-state index in [1.54, 1.807) is 0 Å². The molecule has 1 aliphatic heterocycles. The second-order valence-corrected chi connectivity index (χ2v) is 6.07. The molecule has 15 heavy (non-hydrogen) atoms. The van der Waals surface area contributed by atoms with Crippen LogP contribution < -0.4 is 0 Å². The van der Waals surface area contributed by atoms with Crippen molar-refractivity contribution in [2.45, 2.75) is 38.0 Å². The van der Waals surface area contributed by atoms with E-state index in [1.165, 1.54) is 0 Å². The van der Waals surface area contributed by atoms with Gasteiger partial charge < -0.3 is 5.11 Å². The lowest BCUT2D eigenvalue weighted by molar-refractivity contribution is 0.104. The summed E-state index contributed by atoms with van der Waals surface area (Å²) in [7, 11) is -3.24. The molecule has 1 saturated heterocycles. The topological polar surface area (TPSA) is 74.7 Å². The van der Waals surface area contributed by atoms with Gasteiger partial charge in [0.2, 0.25) is 0 Å². The molecule has 1 fully saturated rings. The lowest BCUT2D eigenvalue weighted by Crippen LogP contribution is -2.55. The van der Waals surface area contributed by atoms with Crippen molar-refractivity contribution < 1.29 is 18.3 Å². The third-order valence-electron chi connectivity index (χ3n) is 2.66. The van der Waals surface area contributed by atoms with Crippen molar-refractivity contribution in [3.05, 3.63) is 0 Å². The number of amides is 1. The molecule has 0 radical (unpaired) electrons. The molecule has 1 rings (SSSR count). The lowest BCUT2D eigenvalue weighted by atomic mass is 10.2. The molecule has 0 aromatic rings. The Morgan fingerprint density at radius 2 is 2.13 bits per heavy atom. The molecule has 0 aromatic carbocycles. The van der Waals surface area contributed by atoms with Crippen molar-refractivity contribution >= 4 is 15.9 Å². The molecule has 6 heteroatoms. The summed E-state index contributed by atoms with van der Waals surface area (Å²) in [6.07, 6.45) is 1.77. The fourth-order valence-electron chi connectivity index (χ4n) is 1.65. The number of hydrogen-bond donors (Lipinski definition) is 1. The van der Waals surface area contributed by atoms with Crippen molar-refractivity contribution in [2.75, 3.05) is 12.3 Å². The van der Waals surface area contributed by atoms with Gasteiger partial charge in [-0.1, -0.05) is 19.8 Å². The summed E-state index contributed by atoms with van der Waals surface area (Å²) in [4.78, 5) is 11.6. The molecule has 0 aromatic heterocycles. The molecule has 0 bridgehead atoms. The Balaban J connectivity index is 2.51. The van der Waals surface area contributed by atoms with Gasteiger partial charge in [-0.2, -0.15) is 0 Å². The minimum absolute atomic E-state index is 0.106. The van der Waals surface area contributed by atoms with Crippen LogP contribution in [0.25, 0.3) is 0 Å². The SMILES string of the molecule is CCCCCS(=O)(=O)C1CCN1C(=O)O. The van der Waals surface area contributed by atoms with E-state index in [2.05, 4.69) is 0 Å². The molecule has 1 heterocycles. The van der Waals surface area contributed by atoms with E-state index in [1.807, 2.05) is 6.92 Å². The highest BCUT2D eigenvalue weighted by Crippen LogP contribution is 2.24. The molecular formula is C9H17NO4S. The predicted molar refractivity (Wildman–Crippen MR) is 56.4 cm³/mol. The maximum absolute atomic E-state index is 11.7. The Bertz CT molecular complexity index is 325. The second-order valence-electron chi connectivity index (χ2n) is 3.79. The summed E-state index contributed by atoms with van der Waals surface area (Å²) in [5.41, 5.74) is 0. The van der Waals surface area contributed by atoms with E-state index < -0.39 is 21.3 Å². The average Bonchev–Trinajstić information content (AvgIpc) is 1.99. The highest BCUT2D eigenvalue weighted by atomic mass is 32.2. The summed E-state index contributed by atoms with van der Waals surface area (Å²) in [5, 5.41) is 7.91. The molecule has 0 aliphatic carbocycles. The Hall–Kier alpha value is -0.780. The summed E-state index contributed by atoms with van der Waals surface area (Å²) in [5.74, 6) is 0.106. The third kappa shape index (κ3) is 2.84. The second kappa shape index (κ2) is 4.83. The van der Waals surface area contributed by atoms with E-state index in [0.717, 1.165) is 17.7 Å². The average molecular weight is 235 g/mol. The normalized spacial score (nSPS) is 21.1. The van der Waals surface area contributed by atoms with Gasteiger partial charge in [-0.15, -0.1) is 0 Å². The minimum Gasteiger partial charge on any atom is -0.465 e. The highest BCUT2D eigenvalue weighted by Gasteiger charge is 2.41. The maximum atomic E-state index is 11.7. The molecule has 1 aliphatic rings. The van der Waals surface area contributed by atoms with Crippen LogP contribution in [0.4, 0.5) is 4.79 Å². The van der Waals surface area contributed by atoms with Crippen LogP contribution in [0.3, 0.4) is 0 Å². The summed E-state index contributed by atoms with van der Waals surface area (Å²) < 4.78 is 23.4. The standard InChI is InChI=1S/C9H17NO4S/c1-2-3-4-7-15(13,14)8-5-6-10(8)9(11)12/h8H,2-7H2,1H3,(H,11,12). The van der Waals surface area contributed by atoms with Crippen LogP contribution in [0, 0.1) is 0 Å². The van der Waals surface area contributed by atoms with Gasteiger partial charge in [-0.3, -0.25) is 4.90 Å². The molecule has 5 nitrogen and oxygen atoms in total. The number of rotatable bonds is 5. The van der Waals surface area contributed by atoms with Gasteiger partial charge in [0.15, 0.2) is 9.84 Å². The highest BCUT2D eigenvalue weighted by molar-refractivity contribution is 7.92. The van der Waals surface area contributed by atoms with Gasteiger partial charge in [0.25, 0.3) is 0 Å². The maximum Gasteiger partial charge on any atom is 0.408 e. The van der Waals surface area contributed by atoms with Crippen LogP contribution >= 0.6 is 0 Å². The summed E-state index contributed by atoms with van der Waals surface area (Å²) in [6.45, 7) is 2.34. The molecule has 1 N–H and O–H groups in total. The van der Waals surface area contributed by atoms with E-state index >= 15 is 0 Å². The van der Waals surface area contributed by atoms with Crippen LogP contribution in [0.15, 0.2) is 0 Å². The van der Waals surface area contributed by atoms with Crippen LogP contribution in [-0.4, -0.2) is 42.2 Å². The first-order valence-corrected chi connectivity index (χ1v) is 6.91. The van der Waals surface area contributed by atoms with Crippen molar-refractivity contribution in [2.24, 2.45) is 0 Å². The van der Waals surface area contributed by atoms with Gasteiger partial charge in [0.05, 0.1) is 5.75 Å². The Morgan fingerprint density at radius 3 is 2.53 bits per heavy atom. The van der Waals surface area contributed by atoms with Crippen molar-refractivity contribution in [3.63, 3.8) is 0 Å². The van der Waals surface area contributed by atoms with E-state index in [4.69, 9.17) is 5.11 Å². The van der Waals surface area contributed by atoms with Crippen LogP contribution in [0.5, 0.6) is 0 Å². The van der Waals surface area contributed by atoms with Gasteiger partial charge >= 0.3 is 6.09 Å². The quantitative estimate of drug-likeness (QED) is 0.729. The smallest absolute Gasteiger partial charge is 0.408 e. The fraction of sp³-hybridized carbons (Fsp3) is 0.889. The molecular weight excluding hydrogens is 218 g/mol. The van der Waals surface area contributed by atoms with Crippen molar-refractivity contribution in [1.29, 1.82) is 0 Å². The van der Waals surface area contributed by atoms with E-state index in [0.29, 0.717) is 19.4 Å². The first-order chi connectivity index (χ1) is 6.99. The molecule has 88 valence electrons. The number of likely N-dealkylation sites (tertiary alicyclic amines) is 1. The van der Waals surface area contributed by atoms with Crippen LogP contribution in [-0.2, 0) is 9.84 Å². The van der Waals surface area contributed by atoms with Crippen LogP contribution in [0.2, 0.25) is 0 Å². The monoisotopic (exact) mass is 235 g/mol. The number of unbranched alkanes of at least 4 members (excludes halogenated alkanes) is 2. The minimum atomic E-state index is -3.24. The Morgan fingerprint density at radius 1 is 1.47 bits per heavy atom. The van der Waals surface area contributed by atoms with Gasteiger partial charge in [-0.05, 0) is 6.42 Å². The number of sulfone groups is 1. The van der Waals surface area contributed by atoms with Gasteiger partial charge in [0.1, 0.15) is 5.37 Å². The molecule has 1 unspecified atom stereocenters. The molecule has 0 saturated carbocycles. The zero-order valence-electron chi connectivity index (χ0n) is 8.85. The third-order valence-corrected chi connectivity index (χ3v) is 4.83. The van der Waals surface area contributed by atoms with Crippen molar-refractivity contribution in [3.8, 4) is 0 Å². The predicted octanol–water partition coefficient (Wildman–Crippen LogP) is 1.30.